The van der Waals surface area contributed by atoms with Crippen LogP contribution in [0.15, 0.2) is 140 Å². The molecule has 18 unspecified atom stereocenters. The first kappa shape index (κ1) is 90.5. The molecule has 13 rings (SSSR count). The Balaban J connectivity index is 0.747. The molecule has 0 bridgehead atoms. The van der Waals surface area contributed by atoms with Crippen LogP contribution >= 0.6 is 0 Å². The topological polar surface area (TPSA) is 449 Å². The maximum atomic E-state index is 12.6. The third-order valence-corrected chi connectivity index (χ3v) is 23.3. The molecule has 4 aliphatic rings. The van der Waals surface area contributed by atoms with Crippen molar-refractivity contribution in [1.82, 2.24) is 0 Å². The van der Waals surface area contributed by atoms with Gasteiger partial charge in [-0.2, -0.15) is 0 Å². The molecular weight excluding hydrogens is 1620 g/mol. The van der Waals surface area contributed by atoms with Gasteiger partial charge >= 0.3 is 0 Å². The summed E-state index contributed by atoms with van der Waals surface area (Å²) < 4.78 is 110. The highest BCUT2D eigenvalue weighted by atomic mass is 16.6. The van der Waals surface area contributed by atoms with Crippen LogP contribution in [-0.2, 0) is 9.47 Å². The van der Waals surface area contributed by atoms with Crippen LogP contribution < -0.4 is 75.8 Å². The minimum absolute atomic E-state index is 0.00256. The molecule has 124 heavy (non-hydrogen) atoms. The van der Waals surface area contributed by atoms with Gasteiger partial charge in [0, 0.05) is 46.6 Å². The minimum Gasteiger partial charge on any atom is -0.504 e. The maximum absolute atomic E-state index is 12.6. The monoisotopic (exact) mass is 1720 g/mol. The Hall–Kier alpha value is -11.2. The second-order valence-electron chi connectivity index (χ2n) is 30.6. The summed E-state index contributed by atoms with van der Waals surface area (Å²) >= 11 is 0. The molecule has 0 aromatic heterocycles. The molecule has 9 aromatic rings. The van der Waals surface area contributed by atoms with Crippen LogP contribution in [0, 0.1) is 24.7 Å². The van der Waals surface area contributed by atoms with Gasteiger partial charge in [-0.3, -0.25) is 0 Å². The van der Waals surface area contributed by atoms with Crippen LogP contribution in [0.3, 0.4) is 0 Å². The Morgan fingerprint density at radius 2 is 0.694 bits per heavy atom. The van der Waals surface area contributed by atoms with E-state index in [0.29, 0.717) is 64.0 Å². The van der Waals surface area contributed by atoms with E-state index in [0.717, 1.165) is 11.1 Å². The largest absolute Gasteiger partial charge is 0.504 e. The van der Waals surface area contributed by atoms with E-state index in [1.54, 1.807) is 62.4 Å². The van der Waals surface area contributed by atoms with Crippen LogP contribution in [0.1, 0.15) is 129 Å². The van der Waals surface area contributed by atoms with Gasteiger partial charge in [0.1, 0.15) is 30.5 Å². The van der Waals surface area contributed by atoms with Gasteiger partial charge in [-0.05, 0) is 166 Å². The van der Waals surface area contributed by atoms with Gasteiger partial charge in [0.05, 0.1) is 141 Å². The first-order chi connectivity index (χ1) is 59.9. The number of ether oxygens (including phenoxy) is 18. The van der Waals surface area contributed by atoms with Gasteiger partial charge in [0.15, 0.2) is 140 Å². The van der Waals surface area contributed by atoms with E-state index in [-0.39, 0.29) is 151 Å². The first-order valence-corrected chi connectivity index (χ1v) is 40.1. The first-order valence-electron chi connectivity index (χ1n) is 40.1. The SMILES string of the molecule is COc1cc(C2Oc3c(OC)cc(C(O)C(CO)Oc4ccc(C(O)C(CO)Oc5ccc(C6OCC7C(c8cc(C)c(O)c(OC)c8)OCC67)cc5OC)cc4OC)cc3-c3cc(C(O)C(CO)Oc4ccc(C(O)C(CO)Oc5ccc(C6Oc7c(OC)cc(C(O)C(C)CO)cc7C6CO)cc5OC)cc4OC)cc(OC)c3OC2CO)ccc1O. The van der Waals surface area contributed by atoms with E-state index in [1.165, 1.54) is 143 Å². The molecule has 4 aliphatic heterocycles. The van der Waals surface area contributed by atoms with Crippen molar-refractivity contribution in [2.75, 3.05) is 123 Å². The van der Waals surface area contributed by atoms with E-state index in [2.05, 4.69) is 0 Å². The maximum Gasteiger partial charge on any atom is 0.170 e. The molecule has 32 heteroatoms. The number of rotatable bonds is 38. The van der Waals surface area contributed by atoms with Crippen LogP contribution in [0.4, 0.5) is 0 Å². The molecule has 9 aromatic carbocycles. The molecule has 4 heterocycles. The number of aromatic hydroxyl groups is 2. The van der Waals surface area contributed by atoms with Crippen molar-refractivity contribution in [2.24, 2.45) is 17.8 Å². The highest BCUT2D eigenvalue weighted by Crippen LogP contribution is 2.57. The van der Waals surface area contributed by atoms with Crippen molar-refractivity contribution < 1.29 is 157 Å². The molecule has 14 N–H and O–H groups in total. The highest BCUT2D eigenvalue weighted by Gasteiger charge is 2.49. The van der Waals surface area contributed by atoms with Crippen LogP contribution in [0.5, 0.6) is 103 Å². The van der Waals surface area contributed by atoms with Crippen molar-refractivity contribution >= 4 is 0 Å². The van der Waals surface area contributed by atoms with E-state index >= 15 is 0 Å². The summed E-state index contributed by atoms with van der Waals surface area (Å²) in [4.78, 5) is 0. The number of hydrogen-bond acceptors (Lipinski definition) is 32. The van der Waals surface area contributed by atoms with Crippen LogP contribution in [-0.4, -0.2) is 225 Å². The molecule has 2 fully saturated rings. The summed E-state index contributed by atoms with van der Waals surface area (Å²) in [5.74, 6) is 0.501. The zero-order valence-electron chi connectivity index (χ0n) is 70.1. The van der Waals surface area contributed by atoms with Crippen molar-refractivity contribution in [1.29, 1.82) is 0 Å². The van der Waals surface area contributed by atoms with Crippen LogP contribution in [0.25, 0.3) is 11.1 Å². The summed E-state index contributed by atoms with van der Waals surface area (Å²) in [6.07, 6.45) is -17.1. The molecule has 2 saturated heterocycles. The van der Waals surface area contributed by atoms with Crippen molar-refractivity contribution in [2.45, 2.75) is 105 Å². The Morgan fingerprint density at radius 3 is 1.13 bits per heavy atom. The normalized spacial score (nSPS) is 20.6. The van der Waals surface area contributed by atoms with Crippen molar-refractivity contribution in [3.05, 3.63) is 201 Å². The molecule has 18 atom stereocenters. The zero-order chi connectivity index (χ0) is 88.6. The lowest BCUT2D eigenvalue weighted by molar-refractivity contribution is -0.00310. The van der Waals surface area contributed by atoms with Gasteiger partial charge in [0.2, 0.25) is 0 Å². The van der Waals surface area contributed by atoms with Gasteiger partial charge < -0.3 is 157 Å². The molecule has 0 radical (unpaired) electrons. The molecule has 32 nitrogen and oxygen atoms in total. The predicted octanol–water partition coefficient (Wildman–Crippen LogP) is 8.86. The second-order valence-corrected chi connectivity index (χ2v) is 30.6. The Labute approximate surface area is 715 Å². The summed E-state index contributed by atoms with van der Waals surface area (Å²) in [5.41, 5.74) is 4.93. The Kier molecular flexibility index (Phi) is 29.0. The minimum atomic E-state index is -1.75. The standard InChI is InChI=1S/C92H106O32/c1-44-22-54(34-71(112-8)81(44)102)87-60-43-116-86(59(60)42-117-87)48-15-20-64(69(29-48)110-6)118-75(37-95)82(103)46-13-19-63(68(26-46)109-5)121-78(40-98)85(106)53-25-56-55-24-52(32-72(113-9)90(55)122-79(41-99)89(124-91(56)74(33-53)115-11)50-12-17-61(100)66(28-50)107-3)84(105)77(39-97)120-62-18-14-47(27-67(62)108-4)83(104)76(38-96)119-65-21-16-49(30-70(65)111-7)88-58(36-94)57-23-51(80(101)45(2)35-93)31-73(114-10)92(57)123-88/h12-34,45,58-60,75-80,82-89,93-106H,35-43H2,1-11H3. The number of phenolic OH excluding ortho intramolecular Hbond substituents is 2. The lowest BCUT2D eigenvalue weighted by Crippen LogP contribution is -2.34. The second kappa shape index (κ2) is 39.8. The summed E-state index contributed by atoms with van der Waals surface area (Å²) in [7, 11) is 12.5. The number of hydrogen-bond donors (Lipinski definition) is 14. The molecule has 0 spiro atoms. The number of aliphatic hydroxyl groups excluding tert-OH is 12. The summed E-state index contributed by atoms with van der Waals surface area (Å²) in [5, 5.41) is 157. The van der Waals surface area contributed by atoms with E-state index in [9.17, 15) is 71.5 Å². The van der Waals surface area contributed by atoms with Crippen molar-refractivity contribution in [3.8, 4) is 115 Å². The third kappa shape index (κ3) is 18.1. The molecule has 0 amide bonds. The molecule has 0 saturated carbocycles. The zero-order valence-corrected chi connectivity index (χ0v) is 70.1. The lowest BCUT2D eigenvalue weighted by atomic mass is 9.84. The highest BCUT2D eigenvalue weighted by molar-refractivity contribution is 5.83. The Bertz CT molecular complexity index is 5180. The fraction of sp³-hybridized carbons (Fsp3) is 0.413. The molecule has 666 valence electrons. The smallest absolute Gasteiger partial charge is 0.170 e. The van der Waals surface area contributed by atoms with E-state index in [4.69, 9.17) is 85.3 Å². The number of phenols is 2. The molecule has 0 aliphatic carbocycles. The lowest BCUT2D eigenvalue weighted by Gasteiger charge is -2.34. The fourth-order valence-corrected chi connectivity index (χ4v) is 16.4. The summed E-state index contributed by atoms with van der Waals surface area (Å²) in [6.45, 7) is -0.0366. The van der Waals surface area contributed by atoms with Gasteiger partial charge in [-0.15, -0.1) is 0 Å². The number of aliphatic hydroxyl groups is 12. The number of benzene rings is 9. The average molecular weight is 1720 g/mol. The predicted molar refractivity (Wildman–Crippen MR) is 443 cm³/mol. The van der Waals surface area contributed by atoms with Gasteiger partial charge in [-0.25, -0.2) is 0 Å². The quantitative estimate of drug-likeness (QED) is 0.0172. The number of fused-ring (bicyclic) bond motifs is 5. The van der Waals surface area contributed by atoms with E-state index < -0.39 is 118 Å². The molecular formula is C92H106O32. The Morgan fingerprint density at radius 1 is 0.331 bits per heavy atom. The average Bonchev–Trinajstić information content (AvgIpc) is 1.11. The van der Waals surface area contributed by atoms with Gasteiger partial charge in [0.25, 0.3) is 0 Å². The van der Waals surface area contributed by atoms with E-state index in [1.807, 2.05) is 12.1 Å². The number of methoxy groups -OCH3 is 9. The van der Waals surface area contributed by atoms with Crippen LogP contribution in [0.2, 0.25) is 0 Å². The van der Waals surface area contributed by atoms with Gasteiger partial charge in [-0.1, -0.05) is 37.3 Å². The fourth-order valence-electron chi connectivity index (χ4n) is 16.4. The summed E-state index contributed by atoms with van der Waals surface area (Å²) in [6, 6.07) is 36.1. The number of aryl methyl sites for hydroxylation is 1. The van der Waals surface area contributed by atoms with Crippen molar-refractivity contribution in [3.63, 3.8) is 0 Å². The third-order valence-electron chi connectivity index (χ3n) is 23.3.